The zero-order valence-electron chi connectivity index (χ0n) is 77.9. The van der Waals surface area contributed by atoms with Crippen LogP contribution in [0.25, 0.3) is 0 Å². The lowest BCUT2D eigenvalue weighted by Crippen LogP contribution is -2.58. The van der Waals surface area contributed by atoms with Gasteiger partial charge in [-0.15, -0.1) is 15.2 Å². The Morgan fingerprint density at radius 1 is 0.239 bits per heavy atom. The van der Waals surface area contributed by atoms with Crippen molar-refractivity contribution in [2.75, 3.05) is 198 Å². The Morgan fingerprint density at radius 2 is 0.493 bits per heavy atom. The number of nitrogens with one attached hydrogen (secondary N) is 6. The Hall–Kier alpha value is -7.82. The number of nitrogens with zero attached hydrogens (tertiary/aromatic N) is 3. The number of ether oxygens (including phenoxy) is 13. The van der Waals surface area contributed by atoms with E-state index in [9.17, 15) is 81.5 Å². The summed E-state index contributed by atoms with van der Waals surface area (Å²) in [6, 6.07) is 0. The van der Waals surface area contributed by atoms with Gasteiger partial charge in [0, 0.05) is 162 Å². The number of Topliss-reactive ketones (excluding diaryl/α,β-unsaturated/α-hetero) is 2. The maximum atomic E-state index is 13.9. The van der Waals surface area contributed by atoms with E-state index >= 15 is 0 Å². The number of carbonyl (C=O) groups excluding carboxylic acids is 17. The fourth-order valence-electron chi connectivity index (χ4n) is 12.9. The van der Waals surface area contributed by atoms with Gasteiger partial charge < -0.3 is 108 Å². The largest absolute Gasteiger partial charge is 0.445 e. The van der Waals surface area contributed by atoms with Gasteiger partial charge in [0.05, 0.1) is 145 Å². The molecule has 3 heterocycles. The molecule has 3 rings (SSSR count). The molecule has 3 fully saturated rings. The minimum atomic E-state index is -1.75. The van der Waals surface area contributed by atoms with Crippen LogP contribution in [-0.2, 0) is 153 Å². The van der Waals surface area contributed by atoms with E-state index in [0.29, 0.717) is 106 Å². The van der Waals surface area contributed by atoms with Crippen LogP contribution in [0.5, 0.6) is 0 Å². The van der Waals surface area contributed by atoms with Gasteiger partial charge in [-0.2, -0.15) is 0 Å². The number of halogens is 3. The molecule has 42 nitrogen and oxygen atoms in total. The second kappa shape index (κ2) is 79.1. The molecule has 12 amide bonds. The molecular formula is C89H146Cl3N9O33. The van der Waals surface area contributed by atoms with Crippen LogP contribution in [0, 0.1) is 0 Å². The number of carbonyl (C=O) groups is 17. The maximum Gasteiger partial charge on any atom is 0.407 e. The fourth-order valence-corrected chi connectivity index (χ4v) is 13.0. The van der Waals surface area contributed by atoms with Crippen molar-refractivity contribution in [3.63, 3.8) is 0 Å². The van der Waals surface area contributed by atoms with E-state index in [0.717, 1.165) is 89.9 Å². The van der Waals surface area contributed by atoms with Crippen LogP contribution in [0.3, 0.4) is 0 Å². The normalized spacial score (nSPS) is 13.4. The molecule has 3 saturated heterocycles. The first-order chi connectivity index (χ1) is 64.7. The SMILES string of the molecule is O=C(CCCOCCOCCOCCC(=O)NCCCCCCCC(=O)ON1C(=O)CCC1=O)CCOCC(COCCC(=O)CCCOCCOCCOCCC(=O)NCCCCCCCC(=O)ON1C(=O)CCC1=O)(COCCC(=O)NCCOCCOCCOCCC(=O)NCCCCCCCC(=O)ON1C(=O)CCC1=O)NC(=O)CCCCCCCNC(=O)OCC(Cl)(Cl)Cl. The molecular weight excluding hydrogens is 1830 g/mol. The van der Waals surface area contributed by atoms with Gasteiger partial charge in [0.1, 0.15) is 23.7 Å². The summed E-state index contributed by atoms with van der Waals surface area (Å²) >= 11 is 17.0. The summed E-state index contributed by atoms with van der Waals surface area (Å²) in [4.78, 5) is 222. The van der Waals surface area contributed by atoms with E-state index in [1.165, 1.54) is 0 Å². The monoisotopic (exact) mass is 1970 g/mol. The summed E-state index contributed by atoms with van der Waals surface area (Å²) in [7, 11) is 0. The van der Waals surface area contributed by atoms with Gasteiger partial charge in [0.15, 0.2) is 0 Å². The van der Waals surface area contributed by atoms with Crippen molar-refractivity contribution in [3.05, 3.63) is 0 Å². The first-order valence-corrected chi connectivity index (χ1v) is 48.4. The maximum absolute atomic E-state index is 13.9. The van der Waals surface area contributed by atoms with Crippen molar-refractivity contribution < 1.29 is 158 Å². The summed E-state index contributed by atoms with van der Waals surface area (Å²) in [5, 5.41) is 18.7. The molecule has 0 atom stereocenters. The average Bonchev–Trinajstić information content (AvgIpc) is 1.47. The number of amides is 12. The average molecular weight is 1980 g/mol. The third kappa shape index (κ3) is 67.4. The smallest absolute Gasteiger partial charge is 0.407 e. The van der Waals surface area contributed by atoms with Gasteiger partial charge in [-0.3, -0.25) is 62.3 Å². The van der Waals surface area contributed by atoms with Crippen molar-refractivity contribution >= 4 is 135 Å². The highest BCUT2D eigenvalue weighted by atomic mass is 35.6. The minimum Gasteiger partial charge on any atom is -0.445 e. The van der Waals surface area contributed by atoms with Crippen LogP contribution in [0.15, 0.2) is 0 Å². The predicted octanol–water partition coefficient (Wildman–Crippen LogP) is 6.83. The zero-order chi connectivity index (χ0) is 97.6. The number of alkyl halides is 3. The third-order valence-corrected chi connectivity index (χ3v) is 20.6. The molecule has 134 heavy (non-hydrogen) atoms. The van der Waals surface area contributed by atoms with Gasteiger partial charge >= 0.3 is 24.0 Å². The van der Waals surface area contributed by atoms with E-state index in [4.69, 9.17) is 111 Å². The van der Waals surface area contributed by atoms with Gasteiger partial charge in [0.25, 0.3) is 35.4 Å². The first-order valence-electron chi connectivity index (χ1n) is 47.3. The molecule has 0 aromatic heterocycles. The zero-order valence-corrected chi connectivity index (χ0v) is 80.2. The molecule has 0 aromatic carbocycles. The molecule has 45 heteroatoms. The van der Waals surface area contributed by atoms with Crippen molar-refractivity contribution in [1.82, 2.24) is 47.1 Å². The molecule has 0 aromatic rings. The number of hydrogen-bond donors (Lipinski definition) is 6. The highest BCUT2D eigenvalue weighted by Crippen LogP contribution is 2.26. The summed E-state index contributed by atoms with van der Waals surface area (Å²) in [6.07, 6.45) is 16.3. The van der Waals surface area contributed by atoms with Crippen molar-refractivity contribution in [1.29, 1.82) is 0 Å². The quantitative estimate of drug-likeness (QED) is 0.0206. The Balaban J connectivity index is 1.40. The highest BCUT2D eigenvalue weighted by molar-refractivity contribution is 6.67. The molecule has 766 valence electrons. The molecule has 6 N–H and O–H groups in total. The van der Waals surface area contributed by atoms with Gasteiger partial charge in [-0.05, 0) is 64.2 Å². The van der Waals surface area contributed by atoms with E-state index in [1.807, 2.05) is 0 Å². The number of rotatable bonds is 90. The number of hydroxylamine groups is 6. The van der Waals surface area contributed by atoms with Gasteiger partial charge in [0.2, 0.25) is 33.3 Å². The van der Waals surface area contributed by atoms with Crippen molar-refractivity contribution in [3.8, 4) is 0 Å². The van der Waals surface area contributed by atoms with Crippen molar-refractivity contribution in [2.45, 2.75) is 266 Å². The molecule has 0 radical (unpaired) electrons. The Morgan fingerprint density at radius 3 is 0.813 bits per heavy atom. The standard InChI is InChI=1S/C89H146Cl3N9O33/c90-89(91,92)70-131-87(118)97-44-20-12-1-5-13-25-77(108)98-88(67-128-48-35-71(102)23-21-46-119-55-61-125-63-57-121-50-37-73(104)93-41-17-9-2-6-14-26-84(115)132-99-78(109)29-30-79(99)110,68-129-49-36-72(103)24-22-47-120-56-62-126-64-58-122-51-38-74(105)94-42-18-10-3-7-15-27-85(116)133-100-80(111)31-32-81(100)112)69-130-53-40-76(107)96-45-54-124-60-66-127-65-59-123-52-39-75(106)95-43-19-11-4-8-16-28-86(117)134-101-82(113)33-34-83(101)114/h1-70H2,(H,93,104)(H,94,105)(H,95,106)(H,96,107)(H,97,118)(H,98,108). The fraction of sp³-hybridized carbons (Fsp3) is 0.809. The van der Waals surface area contributed by atoms with Gasteiger partial charge in [-0.25, -0.2) is 19.2 Å². The first kappa shape index (κ1) is 120. The van der Waals surface area contributed by atoms with E-state index in [2.05, 4.69) is 31.9 Å². The summed E-state index contributed by atoms with van der Waals surface area (Å²) in [6.45, 7) is 5.61. The molecule has 0 aliphatic carbocycles. The topological polar surface area (TPSA) is 520 Å². The predicted molar refractivity (Wildman–Crippen MR) is 481 cm³/mol. The number of unbranched alkanes of at least 4 members (excludes halogenated alkanes) is 16. The lowest BCUT2D eigenvalue weighted by Gasteiger charge is -2.34. The van der Waals surface area contributed by atoms with Crippen LogP contribution in [0.4, 0.5) is 4.79 Å². The molecule has 0 saturated carbocycles. The molecule has 3 aliphatic heterocycles. The van der Waals surface area contributed by atoms with Crippen LogP contribution in [0.2, 0.25) is 0 Å². The lowest BCUT2D eigenvalue weighted by molar-refractivity contribution is -0.197. The van der Waals surface area contributed by atoms with Crippen LogP contribution >= 0.6 is 34.8 Å². The minimum absolute atomic E-state index is 0.0262. The molecule has 0 spiro atoms. The lowest BCUT2D eigenvalue weighted by atomic mass is 10.0. The summed E-state index contributed by atoms with van der Waals surface area (Å²) in [5.74, 6) is -6.23. The number of hydrogen-bond acceptors (Lipinski definition) is 33. The number of alkyl carbamates (subject to hydrolysis) is 1. The molecule has 0 bridgehead atoms. The Bertz CT molecular complexity index is 3080. The van der Waals surface area contributed by atoms with Crippen LogP contribution < -0.4 is 31.9 Å². The molecule has 3 aliphatic rings. The molecule has 0 unspecified atom stereocenters. The van der Waals surface area contributed by atoms with Gasteiger partial charge in [-0.1, -0.05) is 112 Å². The third-order valence-electron chi connectivity index (χ3n) is 20.2. The summed E-state index contributed by atoms with van der Waals surface area (Å²) in [5.41, 5.74) is -1.36. The van der Waals surface area contributed by atoms with Crippen molar-refractivity contribution in [2.24, 2.45) is 0 Å². The second-order valence-corrected chi connectivity index (χ2v) is 34.5. The number of ketones is 2. The van der Waals surface area contributed by atoms with E-state index in [-0.39, 0.29) is 309 Å². The van der Waals surface area contributed by atoms with E-state index < -0.39 is 75.4 Å². The Labute approximate surface area is 800 Å². The Kier molecular flexibility index (Phi) is 71.1. The van der Waals surface area contributed by atoms with E-state index in [1.54, 1.807) is 0 Å². The highest BCUT2D eigenvalue weighted by Gasteiger charge is 2.37. The second-order valence-electron chi connectivity index (χ2n) is 32.0. The van der Waals surface area contributed by atoms with Crippen LogP contribution in [0.1, 0.15) is 257 Å². The number of imide groups is 3. The summed E-state index contributed by atoms with van der Waals surface area (Å²) < 4.78 is 71.9. The van der Waals surface area contributed by atoms with Crippen LogP contribution in [-0.4, -0.2) is 323 Å².